The molecule has 1 aliphatic carbocycles. The molecule has 1 heterocycles. The van der Waals surface area contributed by atoms with Crippen LogP contribution in [0, 0.1) is 5.92 Å². The lowest BCUT2D eigenvalue weighted by molar-refractivity contribution is -0.140. The second-order valence-corrected chi connectivity index (χ2v) is 7.95. The summed E-state index contributed by atoms with van der Waals surface area (Å²) in [6.45, 7) is 2.62. The van der Waals surface area contributed by atoms with Gasteiger partial charge in [-0.15, -0.1) is 0 Å². The Hall–Kier alpha value is -2.66. The molecule has 2 aromatic carbocycles. The number of halogens is 1. The monoisotopic (exact) mass is 409 g/mol. The van der Waals surface area contributed by atoms with Crippen LogP contribution in [0.3, 0.4) is 0 Å². The SMILES string of the molecule is C[C@@H](c1ccccc1)N(CCc1nc(-c2cccc(Cl)c2)no1)C(=O)C1CCC1. The topological polar surface area (TPSA) is 59.2 Å². The van der Waals surface area contributed by atoms with E-state index in [1.54, 1.807) is 12.1 Å². The molecule has 1 aromatic heterocycles. The summed E-state index contributed by atoms with van der Waals surface area (Å²) in [4.78, 5) is 19.5. The first-order valence-electron chi connectivity index (χ1n) is 10.1. The highest BCUT2D eigenvalue weighted by molar-refractivity contribution is 6.30. The van der Waals surface area contributed by atoms with Gasteiger partial charge in [0.25, 0.3) is 0 Å². The van der Waals surface area contributed by atoms with Gasteiger partial charge in [0.15, 0.2) is 0 Å². The number of rotatable bonds is 7. The summed E-state index contributed by atoms with van der Waals surface area (Å²) in [6.07, 6.45) is 3.62. The molecule has 0 spiro atoms. The number of carbonyl (C=O) groups excluding carboxylic acids is 1. The lowest BCUT2D eigenvalue weighted by Gasteiger charge is -2.35. The minimum absolute atomic E-state index is 0.000350. The molecule has 0 bridgehead atoms. The second-order valence-electron chi connectivity index (χ2n) is 7.52. The molecule has 1 aliphatic rings. The average Bonchev–Trinajstić information content (AvgIpc) is 3.16. The predicted molar refractivity (Wildman–Crippen MR) is 112 cm³/mol. The molecule has 3 aromatic rings. The first-order valence-corrected chi connectivity index (χ1v) is 10.4. The van der Waals surface area contributed by atoms with Gasteiger partial charge in [0.2, 0.25) is 17.6 Å². The van der Waals surface area contributed by atoms with Crippen LogP contribution in [0.25, 0.3) is 11.4 Å². The van der Waals surface area contributed by atoms with Crippen molar-refractivity contribution in [1.82, 2.24) is 15.0 Å². The largest absolute Gasteiger partial charge is 0.339 e. The van der Waals surface area contributed by atoms with E-state index in [0.717, 1.165) is 30.4 Å². The second kappa shape index (κ2) is 8.78. The lowest BCUT2D eigenvalue weighted by Crippen LogP contribution is -2.41. The fourth-order valence-electron chi connectivity index (χ4n) is 3.61. The molecule has 0 aliphatic heterocycles. The standard InChI is InChI=1S/C23H24ClN3O2/c1-16(17-7-3-2-4-8-17)27(23(28)18-9-5-10-18)14-13-21-25-22(26-29-21)19-11-6-12-20(24)15-19/h2-4,6-8,11-12,15-16,18H,5,9-10,13-14H2,1H3/t16-/m0/s1. The summed E-state index contributed by atoms with van der Waals surface area (Å²) in [5, 5.41) is 4.70. The van der Waals surface area contributed by atoms with Crippen molar-refractivity contribution in [2.24, 2.45) is 5.92 Å². The third-order valence-electron chi connectivity index (χ3n) is 5.60. The third-order valence-corrected chi connectivity index (χ3v) is 5.84. The van der Waals surface area contributed by atoms with E-state index in [4.69, 9.17) is 16.1 Å². The van der Waals surface area contributed by atoms with Crippen LogP contribution < -0.4 is 0 Å². The van der Waals surface area contributed by atoms with E-state index in [2.05, 4.69) is 29.2 Å². The number of benzene rings is 2. The Morgan fingerprint density at radius 2 is 2.00 bits per heavy atom. The predicted octanol–water partition coefficient (Wildman–Crippen LogP) is 5.32. The van der Waals surface area contributed by atoms with Crippen LogP contribution in [0.2, 0.25) is 5.02 Å². The van der Waals surface area contributed by atoms with Gasteiger partial charge in [-0.25, -0.2) is 0 Å². The molecular weight excluding hydrogens is 386 g/mol. The van der Waals surface area contributed by atoms with Gasteiger partial charge >= 0.3 is 0 Å². The van der Waals surface area contributed by atoms with Crippen LogP contribution >= 0.6 is 11.6 Å². The van der Waals surface area contributed by atoms with Crippen molar-refractivity contribution >= 4 is 17.5 Å². The van der Waals surface area contributed by atoms with Crippen LogP contribution in [-0.4, -0.2) is 27.5 Å². The van der Waals surface area contributed by atoms with Gasteiger partial charge < -0.3 is 9.42 Å². The Labute approximate surface area is 175 Å². The summed E-state index contributed by atoms with van der Waals surface area (Å²) in [7, 11) is 0. The van der Waals surface area contributed by atoms with Crippen molar-refractivity contribution in [3.05, 3.63) is 71.1 Å². The van der Waals surface area contributed by atoms with Gasteiger partial charge in [-0.05, 0) is 37.5 Å². The zero-order chi connectivity index (χ0) is 20.2. The van der Waals surface area contributed by atoms with Gasteiger partial charge in [-0.2, -0.15) is 4.98 Å². The highest BCUT2D eigenvalue weighted by Crippen LogP contribution is 2.32. The maximum Gasteiger partial charge on any atom is 0.228 e. The van der Waals surface area contributed by atoms with Crippen molar-refractivity contribution in [3.63, 3.8) is 0 Å². The van der Waals surface area contributed by atoms with Gasteiger partial charge in [-0.1, -0.05) is 65.6 Å². The van der Waals surface area contributed by atoms with E-state index in [1.165, 1.54) is 0 Å². The quantitative estimate of drug-likeness (QED) is 0.529. The lowest BCUT2D eigenvalue weighted by atomic mass is 9.84. The normalized spacial score (nSPS) is 15.0. The molecular formula is C23H24ClN3O2. The fraction of sp³-hybridized carbons (Fsp3) is 0.348. The highest BCUT2D eigenvalue weighted by atomic mass is 35.5. The van der Waals surface area contributed by atoms with Crippen molar-refractivity contribution in [2.45, 2.75) is 38.6 Å². The Kier molecular flexibility index (Phi) is 5.95. The molecule has 29 heavy (non-hydrogen) atoms. The maximum absolute atomic E-state index is 13.1. The molecule has 1 fully saturated rings. The Morgan fingerprint density at radius 3 is 2.69 bits per heavy atom. The molecule has 0 saturated heterocycles. The van der Waals surface area contributed by atoms with E-state index in [1.807, 2.05) is 35.2 Å². The summed E-state index contributed by atoms with van der Waals surface area (Å²) in [6, 6.07) is 17.5. The number of hydrogen-bond donors (Lipinski definition) is 0. The zero-order valence-electron chi connectivity index (χ0n) is 16.4. The first-order chi connectivity index (χ1) is 14.1. The number of carbonyl (C=O) groups is 1. The molecule has 1 saturated carbocycles. The van der Waals surface area contributed by atoms with E-state index in [9.17, 15) is 4.79 Å². The van der Waals surface area contributed by atoms with Crippen LogP contribution in [0.4, 0.5) is 0 Å². The molecule has 0 radical (unpaired) electrons. The Morgan fingerprint density at radius 1 is 1.21 bits per heavy atom. The minimum atomic E-state index is -0.000350. The molecule has 4 rings (SSSR count). The van der Waals surface area contributed by atoms with Crippen molar-refractivity contribution in [1.29, 1.82) is 0 Å². The molecule has 1 atom stereocenters. The van der Waals surface area contributed by atoms with Crippen molar-refractivity contribution < 1.29 is 9.32 Å². The van der Waals surface area contributed by atoms with Crippen molar-refractivity contribution in [2.75, 3.05) is 6.54 Å². The summed E-state index contributed by atoms with van der Waals surface area (Å²) in [5.74, 6) is 1.40. The van der Waals surface area contributed by atoms with E-state index in [0.29, 0.717) is 29.7 Å². The molecule has 0 unspecified atom stereocenters. The van der Waals surface area contributed by atoms with Crippen LogP contribution in [0.1, 0.15) is 43.7 Å². The summed E-state index contributed by atoms with van der Waals surface area (Å²) < 4.78 is 5.43. The van der Waals surface area contributed by atoms with Crippen LogP contribution in [0.15, 0.2) is 59.1 Å². The molecule has 5 nitrogen and oxygen atoms in total. The van der Waals surface area contributed by atoms with Crippen LogP contribution in [0.5, 0.6) is 0 Å². The maximum atomic E-state index is 13.1. The number of aromatic nitrogens is 2. The zero-order valence-corrected chi connectivity index (χ0v) is 17.2. The van der Waals surface area contributed by atoms with E-state index >= 15 is 0 Å². The molecule has 150 valence electrons. The number of nitrogens with zero attached hydrogens (tertiary/aromatic N) is 3. The number of hydrogen-bond acceptors (Lipinski definition) is 4. The van der Waals surface area contributed by atoms with Gasteiger partial charge in [0.05, 0.1) is 6.04 Å². The summed E-state index contributed by atoms with van der Waals surface area (Å²) >= 11 is 6.05. The highest BCUT2D eigenvalue weighted by Gasteiger charge is 2.32. The Bertz CT molecular complexity index is 969. The average molecular weight is 410 g/mol. The number of amides is 1. The molecule has 0 N–H and O–H groups in total. The van der Waals surface area contributed by atoms with Gasteiger partial charge in [0.1, 0.15) is 0 Å². The van der Waals surface area contributed by atoms with Crippen LogP contribution in [-0.2, 0) is 11.2 Å². The van der Waals surface area contributed by atoms with Gasteiger partial charge in [-0.3, -0.25) is 4.79 Å². The summed E-state index contributed by atoms with van der Waals surface area (Å²) in [5.41, 5.74) is 1.94. The molecule has 1 amide bonds. The van der Waals surface area contributed by atoms with E-state index in [-0.39, 0.29) is 17.9 Å². The molecule has 6 heteroatoms. The van der Waals surface area contributed by atoms with Gasteiger partial charge in [0, 0.05) is 29.5 Å². The van der Waals surface area contributed by atoms with E-state index < -0.39 is 0 Å². The minimum Gasteiger partial charge on any atom is -0.339 e. The first kappa shape index (κ1) is 19.6. The smallest absolute Gasteiger partial charge is 0.228 e. The Balaban J connectivity index is 1.49. The fourth-order valence-corrected chi connectivity index (χ4v) is 3.80. The third kappa shape index (κ3) is 4.51. The van der Waals surface area contributed by atoms with Crippen molar-refractivity contribution in [3.8, 4) is 11.4 Å².